The van der Waals surface area contributed by atoms with Crippen molar-refractivity contribution in [2.75, 3.05) is 6.54 Å². The van der Waals surface area contributed by atoms with Gasteiger partial charge in [0.15, 0.2) is 0 Å². The van der Waals surface area contributed by atoms with Gasteiger partial charge in [0.05, 0.1) is 0 Å². The molecule has 2 aromatic rings. The Bertz CT molecular complexity index is 588. The summed E-state index contributed by atoms with van der Waals surface area (Å²) in [6.07, 6.45) is 6.38. The van der Waals surface area contributed by atoms with Crippen LogP contribution in [0.25, 0.3) is 11.3 Å². The molecular weight excluding hydrogens is 248 g/mol. The number of benzene rings is 1. The highest BCUT2D eigenvalue weighted by Gasteiger charge is 2.22. The first kappa shape index (κ1) is 13.4. The molecule has 0 fully saturated rings. The van der Waals surface area contributed by atoms with E-state index >= 15 is 0 Å². The molecule has 3 nitrogen and oxygen atoms in total. The van der Waals surface area contributed by atoms with Crippen LogP contribution in [-0.4, -0.2) is 17.7 Å². The third-order valence-corrected chi connectivity index (χ3v) is 4.17. The molecule has 3 heteroatoms. The number of fused-ring (bicyclic) bond motifs is 1. The van der Waals surface area contributed by atoms with Crippen LogP contribution in [0.5, 0.6) is 0 Å². The molecule has 1 N–H and O–H groups in total. The van der Waals surface area contributed by atoms with Crippen LogP contribution < -0.4 is 5.32 Å². The second-order valence-corrected chi connectivity index (χ2v) is 5.68. The van der Waals surface area contributed by atoms with E-state index in [-0.39, 0.29) is 0 Å². The van der Waals surface area contributed by atoms with Crippen molar-refractivity contribution in [1.82, 2.24) is 10.5 Å². The molecule has 1 aromatic heterocycles. The largest absolute Gasteiger partial charge is 0.364 e. The van der Waals surface area contributed by atoms with Gasteiger partial charge in [0.25, 0.3) is 0 Å². The maximum Gasteiger partial charge on any atom is 0.127 e. The second-order valence-electron chi connectivity index (χ2n) is 5.68. The lowest BCUT2D eigenvalue weighted by Gasteiger charge is -2.27. The van der Waals surface area contributed by atoms with Gasteiger partial charge in [-0.05, 0) is 50.3 Å². The monoisotopic (exact) mass is 270 g/mol. The first-order chi connectivity index (χ1) is 9.79. The summed E-state index contributed by atoms with van der Waals surface area (Å²) in [5.74, 6) is 0. The van der Waals surface area contributed by atoms with Crippen LogP contribution in [0.2, 0.25) is 0 Å². The molecule has 1 aromatic carbocycles. The van der Waals surface area contributed by atoms with E-state index in [4.69, 9.17) is 4.52 Å². The Morgan fingerprint density at radius 1 is 1.40 bits per heavy atom. The molecule has 1 heterocycles. The van der Waals surface area contributed by atoms with Crippen LogP contribution >= 0.6 is 0 Å². The molecule has 1 aliphatic rings. The van der Waals surface area contributed by atoms with Crippen molar-refractivity contribution in [3.63, 3.8) is 0 Å². The Kier molecular flexibility index (Phi) is 3.88. The van der Waals surface area contributed by atoms with Gasteiger partial charge < -0.3 is 9.84 Å². The van der Waals surface area contributed by atoms with Gasteiger partial charge in [0.2, 0.25) is 0 Å². The van der Waals surface area contributed by atoms with Gasteiger partial charge in [-0.25, -0.2) is 0 Å². The average molecular weight is 270 g/mol. The number of rotatable bonds is 4. The van der Waals surface area contributed by atoms with Crippen molar-refractivity contribution >= 4 is 0 Å². The maximum absolute atomic E-state index is 5.10. The van der Waals surface area contributed by atoms with Crippen molar-refractivity contribution in [2.45, 2.75) is 45.6 Å². The van der Waals surface area contributed by atoms with E-state index in [1.807, 2.05) is 0 Å². The molecule has 106 valence electrons. The van der Waals surface area contributed by atoms with E-state index in [0.29, 0.717) is 6.04 Å². The Labute approximate surface area is 120 Å². The van der Waals surface area contributed by atoms with E-state index in [2.05, 4.69) is 42.5 Å². The molecule has 1 aliphatic carbocycles. The fourth-order valence-electron chi connectivity index (χ4n) is 3.10. The van der Waals surface area contributed by atoms with Gasteiger partial charge in [0.1, 0.15) is 12.0 Å². The zero-order chi connectivity index (χ0) is 13.9. The normalized spacial score (nSPS) is 18.0. The predicted octanol–water partition coefficient (Wildman–Crippen LogP) is 3.51. The van der Waals surface area contributed by atoms with Crippen LogP contribution in [0, 0.1) is 6.92 Å². The van der Waals surface area contributed by atoms with Crippen LogP contribution in [0.15, 0.2) is 29.0 Å². The lowest BCUT2D eigenvalue weighted by molar-refractivity contribution is 0.421. The van der Waals surface area contributed by atoms with Gasteiger partial charge in [-0.1, -0.05) is 30.3 Å². The van der Waals surface area contributed by atoms with Crippen molar-refractivity contribution in [2.24, 2.45) is 0 Å². The molecule has 0 spiro atoms. The summed E-state index contributed by atoms with van der Waals surface area (Å²) in [5, 5.41) is 7.82. The number of nitrogens with one attached hydrogen (secondary N) is 1. The number of aryl methyl sites for hydroxylation is 1. The summed E-state index contributed by atoms with van der Waals surface area (Å²) in [4.78, 5) is 0. The fraction of sp³-hybridized carbons (Fsp3) is 0.471. The first-order valence-electron chi connectivity index (χ1n) is 7.55. The quantitative estimate of drug-likeness (QED) is 0.924. The number of aromatic nitrogens is 1. The zero-order valence-electron chi connectivity index (χ0n) is 12.3. The third kappa shape index (κ3) is 2.50. The van der Waals surface area contributed by atoms with Gasteiger partial charge >= 0.3 is 0 Å². The summed E-state index contributed by atoms with van der Waals surface area (Å²) in [6.45, 7) is 5.39. The predicted molar refractivity (Wildman–Crippen MR) is 80.8 cm³/mol. The minimum absolute atomic E-state index is 0.621. The Morgan fingerprint density at radius 2 is 2.30 bits per heavy atom. The minimum Gasteiger partial charge on any atom is -0.364 e. The smallest absolute Gasteiger partial charge is 0.127 e. The van der Waals surface area contributed by atoms with Crippen LogP contribution in [0.1, 0.15) is 36.5 Å². The van der Waals surface area contributed by atoms with Gasteiger partial charge in [-0.15, -0.1) is 0 Å². The summed E-state index contributed by atoms with van der Waals surface area (Å²) in [7, 11) is 0. The van der Waals surface area contributed by atoms with E-state index in [9.17, 15) is 0 Å². The maximum atomic E-state index is 5.10. The highest BCUT2D eigenvalue weighted by Crippen LogP contribution is 2.32. The van der Waals surface area contributed by atoms with Crippen LogP contribution in [0.4, 0.5) is 0 Å². The standard InChI is InChI=1S/C17H22N2O/c1-3-9-18-14-7-8-15-13(10-14)5-4-6-16(15)17-12(2)11-20-19-17/h4-6,11,14,18H,3,7-10H2,1-2H3. The molecule has 0 aliphatic heterocycles. The summed E-state index contributed by atoms with van der Waals surface area (Å²) in [5.41, 5.74) is 6.29. The molecular formula is C17H22N2O. The van der Waals surface area contributed by atoms with E-state index in [1.54, 1.807) is 6.26 Å². The molecule has 0 radical (unpaired) electrons. The lowest BCUT2D eigenvalue weighted by atomic mass is 9.84. The molecule has 3 rings (SSSR count). The van der Waals surface area contributed by atoms with Crippen molar-refractivity contribution in [3.05, 3.63) is 41.2 Å². The molecule has 0 amide bonds. The van der Waals surface area contributed by atoms with E-state index in [1.165, 1.54) is 29.5 Å². The van der Waals surface area contributed by atoms with Crippen molar-refractivity contribution in [3.8, 4) is 11.3 Å². The SMILES string of the molecule is CCCNC1CCc2c(cccc2-c2nocc2C)C1. The molecule has 20 heavy (non-hydrogen) atoms. The molecule has 0 bridgehead atoms. The summed E-state index contributed by atoms with van der Waals surface area (Å²) < 4.78 is 5.10. The zero-order valence-corrected chi connectivity index (χ0v) is 12.3. The average Bonchev–Trinajstić information content (AvgIpc) is 2.90. The highest BCUT2D eigenvalue weighted by atomic mass is 16.5. The Hall–Kier alpha value is -1.61. The van der Waals surface area contributed by atoms with E-state index < -0.39 is 0 Å². The first-order valence-corrected chi connectivity index (χ1v) is 7.55. The molecule has 0 saturated carbocycles. The molecule has 0 saturated heterocycles. The summed E-state index contributed by atoms with van der Waals surface area (Å²) in [6, 6.07) is 7.19. The van der Waals surface area contributed by atoms with Crippen molar-refractivity contribution < 1.29 is 4.52 Å². The molecule has 1 atom stereocenters. The molecule has 1 unspecified atom stereocenters. The minimum atomic E-state index is 0.621. The second kappa shape index (κ2) is 5.80. The topological polar surface area (TPSA) is 38.1 Å². The summed E-state index contributed by atoms with van der Waals surface area (Å²) >= 11 is 0. The lowest BCUT2D eigenvalue weighted by Crippen LogP contribution is -2.35. The van der Waals surface area contributed by atoms with Gasteiger partial charge in [-0.3, -0.25) is 0 Å². The van der Waals surface area contributed by atoms with Crippen LogP contribution in [0.3, 0.4) is 0 Å². The fourth-order valence-corrected chi connectivity index (χ4v) is 3.10. The number of hydrogen-bond acceptors (Lipinski definition) is 3. The van der Waals surface area contributed by atoms with E-state index in [0.717, 1.165) is 30.6 Å². The highest BCUT2D eigenvalue weighted by molar-refractivity contribution is 5.68. The van der Waals surface area contributed by atoms with Gasteiger partial charge in [0, 0.05) is 17.2 Å². The Balaban J connectivity index is 1.89. The third-order valence-electron chi connectivity index (χ3n) is 4.17. The Morgan fingerprint density at radius 3 is 3.05 bits per heavy atom. The van der Waals surface area contributed by atoms with Crippen molar-refractivity contribution in [1.29, 1.82) is 0 Å². The number of hydrogen-bond donors (Lipinski definition) is 1. The van der Waals surface area contributed by atoms with Gasteiger partial charge in [-0.2, -0.15) is 0 Å². The number of nitrogens with zero attached hydrogens (tertiary/aromatic N) is 1. The van der Waals surface area contributed by atoms with Crippen LogP contribution in [-0.2, 0) is 12.8 Å².